The third kappa shape index (κ3) is 3.60. The van der Waals surface area contributed by atoms with Crippen molar-refractivity contribution in [2.45, 2.75) is 35.4 Å². The summed E-state index contributed by atoms with van der Waals surface area (Å²) >= 11 is 0. The molecule has 4 nitrogen and oxygen atoms in total. The molecule has 0 bridgehead atoms. The Hall–Kier alpha value is -1.04. The molecule has 18 heteroatoms. The molecule has 0 aromatic rings. The van der Waals surface area contributed by atoms with E-state index in [-0.39, 0.29) is 7.11 Å². The van der Waals surface area contributed by atoms with Crippen LogP contribution in [-0.2, 0) is 14.8 Å². The van der Waals surface area contributed by atoms with E-state index >= 15 is 0 Å². The third-order valence-electron chi connectivity index (χ3n) is 2.36. The number of halogens is 13. The number of methoxy groups -OCH3 is 1. The van der Waals surface area contributed by atoms with Gasteiger partial charge in [-0.25, -0.2) is 8.42 Å². The van der Waals surface area contributed by atoms with Gasteiger partial charge in [0.05, 0.1) is 0 Å². The van der Waals surface area contributed by atoms with Crippen molar-refractivity contribution in [1.29, 1.82) is 0 Å². The van der Waals surface area contributed by atoms with Gasteiger partial charge in [0.1, 0.15) is 0 Å². The van der Waals surface area contributed by atoms with Crippen molar-refractivity contribution in [3.8, 4) is 0 Å². The molecule has 0 aromatic carbocycles. The number of alkyl halides is 13. The number of rotatable bonds is 6. The molecule has 0 rings (SSSR count). The van der Waals surface area contributed by atoms with E-state index in [1.165, 1.54) is 0 Å². The summed E-state index contributed by atoms with van der Waals surface area (Å²) in [6.45, 7) is 0. The molecule has 1 N–H and O–H groups in total. The predicted octanol–water partition coefficient (Wildman–Crippen LogP) is 3.16. The summed E-state index contributed by atoms with van der Waals surface area (Å²) in [5.74, 6) is -21.4. The van der Waals surface area contributed by atoms with Crippen LogP contribution in [0.3, 0.4) is 0 Å². The molecule has 0 saturated heterocycles. The second-order valence-corrected chi connectivity index (χ2v) is 5.79. The van der Waals surface area contributed by atoms with Crippen molar-refractivity contribution in [2.24, 2.45) is 0 Å². The van der Waals surface area contributed by atoms with Gasteiger partial charge in [0.25, 0.3) is 10.0 Å². The average Bonchev–Trinajstić information content (AvgIpc) is 2.34. The fourth-order valence-electron chi connectivity index (χ4n) is 0.982. The van der Waals surface area contributed by atoms with Crippen LogP contribution in [0.15, 0.2) is 0 Å². The minimum absolute atomic E-state index is 0.309. The highest BCUT2D eigenvalue weighted by Gasteiger charge is 2.86. The highest BCUT2D eigenvalue weighted by molar-refractivity contribution is 7.90. The maximum Gasteiger partial charge on any atom is 0.465 e. The number of sulfonamides is 1. The highest BCUT2D eigenvalue weighted by atomic mass is 32.2. The van der Waals surface area contributed by atoms with E-state index in [0.717, 1.165) is 0 Å². The van der Waals surface area contributed by atoms with Gasteiger partial charge in [0.2, 0.25) is 0 Å². The first-order chi connectivity index (χ1) is 10.5. The van der Waals surface area contributed by atoms with Crippen LogP contribution in [0.25, 0.3) is 0 Å². The van der Waals surface area contributed by atoms with E-state index in [4.69, 9.17) is 0 Å². The number of hydrogen-bond acceptors (Lipinski definition) is 3. The summed E-state index contributed by atoms with van der Waals surface area (Å²) in [6.07, 6.45) is -14.0. The van der Waals surface area contributed by atoms with E-state index < -0.39 is 50.2 Å². The van der Waals surface area contributed by atoms with Gasteiger partial charge in [-0.2, -0.15) is 57.1 Å². The molecule has 152 valence electrons. The molecule has 0 aliphatic rings. The number of ether oxygens (including phenoxy) is 1. The summed E-state index contributed by atoms with van der Waals surface area (Å²) in [4.78, 5) is 0. The van der Waals surface area contributed by atoms with Crippen molar-refractivity contribution in [2.75, 3.05) is 7.11 Å². The van der Waals surface area contributed by atoms with Crippen molar-refractivity contribution < 1.29 is 70.2 Å². The smallest absolute Gasteiger partial charge is 0.330 e. The molecule has 1 atom stereocenters. The summed E-state index contributed by atoms with van der Waals surface area (Å²) in [7, 11) is -8.16. The van der Waals surface area contributed by atoms with Gasteiger partial charge in [-0.1, -0.05) is 0 Å². The van der Waals surface area contributed by atoms with Gasteiger partial charge in [0.15, 0.2) is 0 Å². The lowest BCUT2D eigenvalue weighted by molar-refractivity contribution is -0.382. The Balaban J connectivity index is 6.25. The van der Waals surface area contributed by atoms with Gasteiger partial charge >= 0.3 is 35.4 Å². The lowest BCUT2D eigenvalue weighted by Crippen LogP contribution is -2.68. The molecule has 0 aliphatic heterocycles. The molecule has 1 unspecified atom stereocenters. The van der Waals surface area contributed by atoms with Crippen LogP contribution in [-0.4, -0.2) is 51.0 Å². The van der Waals surface area contributed by atoms with Crippen LogP contribution in [0.1, 0.15) is 0 Å². The van der Waals surface area contributed by atoms with E-state index in [1.807, 2.05) is 0 Å². The van der Waals surface area contributed by atoms with E-state index in [2.05, 4.69) is 4.74 Å². The van der Waals surface area contributed by atoms with Crippen molar-refractivity contribution in [3.63, 3.8) is 0 Å². The molecule has 0 heterocycles. The Morgan fingerprint density at radius 2 is 1.04 bits per heavy atom. The molecule has 0 saturated carbocycles. The van der Waals surface area contributed by atoms with Gasteiger partial charge in [-0.15, -0.1) is 4.72 Å². The minimum atomic E-state index is -7.85. The SMILES string of the molecule is COC(F)(NS(=O)(=O)C(F)(F)C(F)(F)C(F)(F)C(F)(F)F)C(F)(F)F. The zero-order chi connectivity index (χ0) is 20.9. The first-order valence-electron chi connectivity index (χ1n) is 5.06. The Kier molecular flexibility index (Phi) is 5.75. The summed E-state index contributed by atoms with van der Waals surface area (Å²) in [5.41, 5.74) is 0. The Labute approximate surface area is 129 Å². The molecule has 25 heavy (non-hydrogen) atoms. The van der Waals surface area contributed by atoms with Gasteiger partial charge < -0.3 is 4.74 Å². The van der Waals surface area contributed by atoms with E-state index in [0.29, 0.717) is 0 Å². The van der Waals surface area contributed by atoms with Crippen LogP contribution in [0.5, 0.6) is 0 Å². The van der Waals surface area contributed by atoms with Crippen LogP contribution in [0, 0.1) is 0 Å². The summed E-state index contributed by atoms with van der Waals surface area (Å²) < 4.78 is 185. The average molecular weight is 429 g/mol. The standard InChI is InChI=1S/C7H4F13NO3S/c1-24-7(20,5(15,16)17)21-25(22,23)6(18,19)3(10,11)2(8,9)4(12,13)14/h21H,1H3. The lowest BCUT2D eigenvalue weighted by atomic mass is 10.1. The molecule has 0 amide bonds. The molecule has 0 spiro atoms. The summed E-state index contributed by atoms with van der Waals surface area (Å²) in [5, 5.41) is -7.56. The van der Waals surface area contributed by atoms with Gasteiger partial charge in [-0.05, 0) is 0 Å². The van der Waals surface area contributed by atoms with Gasteiger partial charge in [-0.3, -0.25) is 0 Å². The number of hydrogen-bond donors (Lipinski definition) is 1. The quantitative estimate of drug-likeness (QED) is 0.401. The largest absolute Gasteiger partial charge is 0.465 e. The topological polar surface area (TPSA) is 55.4 Å². The second kappa shape index (κ2) is 6.00. The Morgan fingerprint density at radius 1 is 0.680 bits per heavy atom. The first kappa shape index (κ1) is 24.0. The fraction of sp³-hybridized carbons (Fsp3) is 1.00. The molecular formula is C7H4F13NO3S. The summed E-state index contributed by atoms with van der Waals surface area (Å²) in [6, 6.07) is 0. The molecule has 0 aromatic heterocycles. The Bertz CT molecular complexity index is 594. The predicted molar refractivity (Wildman–Crippen MR) is 49.9 cm³/mol. The highest BCUT2D eigenvalue weighted by Crippen LogP contribution is 2.54. The van der Waals surface area contributed by atoms with Crippen molar-refractivity contribution in [1.82, 2.24) is 4.72 Å². The van der Waals surface area contributed by atoms with Crippen LogP contribution < -0.4 is 4.72 Å². The van der Waals surface area contributed by atoms with Crippen LogP contribution in [0.4, 0.5) is 57.1 Å². The zero-order valence-corrected chi connectivity index (χ0v) is 11.9. The molecular weight excluding hydrogens is 425 g/mol. The third-order valence-corrected chi connectivity index (χ3v) is 3.83. The van der Waals surface area contributed by atoms with Crippen LogP contribution in [0.2, 0.25) is 0 Å². The fourth-order valence-corrected chi connectivity index (χ4v) is 2.12. The van der Waals surface area contributed by atoms with E-state index in [1.54, 1.807) is 0 Å². The maximum absolute atomic E-state index is 13.1. The second-order valence-electron chi connectivity index (χ2n) is 4.07. The van der Waals surface area contributed by atoms with Crippen molar-refractivity contribution in [3.05, 3.63) is 0 Å². The first-order valence-corrected chi connectivity index (χ1v) is 6.54. The normalized spacial score (nSPS) is 18.2. The van der Waals surface area contributed by atoms with Gasteiger partial charge in [0, 0.05) is 7.11 Å². The molecule has 0 aliphatic carbocycles. The Morgan fingerprint density at radius 3 is 1.28 bits per heavy atom. The van der Waals surface area contributed by atoms with E-state index in [9.17, 15) is 65.5 Å². The lowest BCUT2D eigenvalue weighted by Gasteiger charge is -2.34. The maximum atomic E-state index is 13.1. The molecule has 0 fully saturated rings. The van der Waals surface area contributed by atoms with Crippen LogP contribution >= 0.6 is 0 Å². The monoisotopic (exact) mass is 429 g/mol. The zero-order valence-electron chi connectivity index (χ0n) is 11.0. The minimum Gasteiger partial charge on any atom is -0.330 e. The number of nitrogens with one attached hydrogen (secondary N) is 1. The van der Waals surface area contributed by atoms with Crippen molar-refractivity contribution >= 4 is 10.0 Å². The molecule has 0 radical (unpaired) electrons.